The normalized spacial score (nSPS) is 35.5. The summed E-state index contributed by atoms with van der Waals surface area (Å²) in [5, 5.41) is 12.2. The van der Waals surface area contributed by atoms with Gasteiger partial charge in [0.25, 0.3) is 0 Å². The van der Waals surface area contributed by atoms with E-state index in [9.17, 15) is 4.79 Å². The summed E-state index contributed by atoms with van der Waals surface area (Å²) in [4.78, 5) is 11.9. The summed E-state index contributed by atoms with van der Waals surface area (Å²) in [6, 6.07) is 0.426. The Labute approximate surface area is 96.6 Å². The van der Waals surface area contributed by atoms with E-state index in [-0.39, 0.29) is 18.4 Å². The van der Waals surface area contributed by atoms with Gasteiger partial charge in [0.05, 0.1) is 6.61 Å². The van der Waals surface area contributed by atoms with Gasteiger partial charge in [-0.3, -0.25) is 4.79 Å². The fourth-order valence-electron chi connectivity index (χ4n) is 2.48. The molecule has 2 fully saturated rings. The largest absolute Gasteiger partial charge is 0.394 e. The number of aliphatic hydroxyl groups is 1. The lowest BCUT2D eigenvalue weighted by Crippen LogP contribution is -2.50. The van der Waals surface area contributed by atoms with E-state index in [1.54, 1.807) is 0 Å². The van der Waals surface area contributed by atoms with Crippen LogP contribution in [0.3, 0.4) is 0 Å². The summed E-state index contributed by atoms with van der Waals surface area (Å²) < 4.78 is 0. The molecule has 2 aliphatic carbocycles. The van der Waals surface area contributed by atoms with Crippen LogP contribution >= 0.6 is 0 Å². The van der Waals surface area contributed by atoms with Crippen LogP contribution in [0.1, 0.15) is 44.9 Å². The van der Waals surface area contributed by atoms with Crippen molar-refractivity contribution >= 4 is 5.91 Å². The Hall–Kier alpha value is -0.610. The average molecular weight is 226 g/mol. The average Bonchev–Trinajstić information content (AvgIpc) is 2.24. The van der Waals surface area contributed by atoms with Crippen LogP contribution in [0.5, 0.6) is 0 Å². The molecule has 1 amide bonds. The highest BCUT2D eigenvalue weighted by Gasteiger charge is 2.34. The Bertz CT molecular complexity index is 256. The molecule has 0 aliphatic heterocycles. The van der Waals surface area contributed by atoms with Crippen molar-refractivity contribution in [2.45, 2.75) is 56.5 Å². The van der Waals surface area contributed by atoms with Crippen LogP contribution in [-0.4, -0.2) is 29.2 Å². The zero-order chi connectivity index (χ0) is 11.6. The van der Waals surface area contributed by atoms with Gasteiger partial charge >= 0.3 is 0 Å². The SMILES string of the molecule is NC1(CO)CCC(C(=O)NC2CCC2)CC1. The van der Waals surface area contributed by atoms with Crippen LogP contribution in [0.15, 0.2) is 0 Å². The maximum Gasteiger partial charge on any atom is 0.223 e. The lowest BCUT2D eigenvalue weighted by atomic mass is 9.77. The maximum atomic E-state index is 11.9. The van der Waals surface area contributed by atoms with Crippen LogP contribution in [0, 0.1) is 5.92 Å². The fraction of sp³-hybridized carbons (Fsp3) is 0.917. The van der Waals surface area contributed by atoms with E-state index in [2.05, 4.69) is 5.32 Å². The second-order valence-corrected chi connectivity index (χ2v) is 5.43. The molecule has 0 aromatic rings. The smallest absolute Gasteiger partial charge is 0.223 e. The molecule has 0 aromatic heterocycles. The van der Waals surface area contributed by atoms with Gasteiger partial charge in [0, 0.05) is 17.5 Å². The topological polar surface area (TPSA) is 75.3 Å². The van der Waals surface area contributed by atoms with E-state index in [1.807, 2.05) is 0 Å². The highest BCUT2D eigenvalue weighted by molar-refractivity contribution is 5.79. The van der Waals surface area contributed by atoms with Gasteiger partial charge in [-0.2, -0.15) is 0 Å². The molecule has 2 saturated carbocycles. The minimum absolute atomic E-state index is 0.0317. The number of hydrogen-bond donors (Lipinski definition) is 3. The Morgan fingerprint density at radius 1 is 1.31 bits per heavy atom. The van der Waals surface area contributed by atoms with E-state index in [1.165, 1.54) is 6.42 Å². The van der Waals surface area contributed by atoms with Crippen molar-refractivity contribution in [2.75, 3.05) is 6.61 Å². The molecule has 0 bridgehead atoms. The minimum atomic E-state index is -0.437. The van der Waals surface area contributed by atoms with Crippen molar-refractivity contribution in [1.82, 2.24) is 5.32 Å². The third kappa shape index (κ3) is 2.55. The minimum Gasteiger partial charge on any atom is -0.394 e. The molecule has 16 heavy (non-hydrogen) atoms. The van der Waals surface area contributed by atoms with E-state index >= 15 is 0 Å². The van der Waals surface area contributed by atoms with Gasteiger partial charge in [0.1, 0.15) is 0 Å². The molecular weight excluding hydrogens is 204 g/mol. The predicted molar refractivity (Wildman–Crippen MR) is 61.7 cm³/mol. The Balaban J connectivity index is 1.77. The molecule has 0 radical (unpaired) electrons. The third-order valence-electron chi connectivity index (χ3n) is 4.12. The number of nitrogens with two attached hydrogens (primary N) is 1. The number of nitrogens with one attached hydrogen (secondary N) is 1. The second kappa shape index (κ2) is 4.72. The van der Waals surface area contributed by atoms with Crippen LogP contribution in [0.2, 0.25) is 0 Å². The third-order valence-corrected chi connectivity index (χ3v) is 4.12. The van der Waals surface area contributed by atoms with E-state index in [0.717, 1.165) is 38.5 Å². The quantitative estimate of drug-likeness (QED) is 0.657. The Kier molecular flexibility index (Phi) is 3.50. The first kappa shape index (κ1) is 11.9. The van der Waals surface area contributed by atoms with E-state index < -0.39 is 5.54 Å². The highest BCUT2D eigenvalue weighted by atomic mass is 16.3. The van der Waals surface area contributed by atoms with Gasteiger partial charge in [0.15, 0.2) is 0 Å². The molecule has 4 nitrogen and oxygen atoms in total. The van der Waals surface area contributed by atoms with Gasteiger partial charge in [-0.15, -0.1) is 0 Å². The molecule has 4 N–H and O–H groups in total. The van der Waals surface area contributed by atoms with Crippen LogP contribution in [0.4, 0.5) is 0 Å². The Morgan fingerprint density at radius 3 is 2.38 bits per heavy atom. The summed E-state index contributed by atoms with van der Waals surface area (Å²) in [6.45, 7) is 0.0317. The van der Waals surface area contributed by atoms with Gasteiger partial charge in [-0.05, 0) is 44.9 Å². The fourth-order valence-corrected chi connectivity index (χ4v) is 2.48. The van der Waals surface area contributed by atoms with Crippen LogP contribution < -0.4 is 11.1 Å². The molecule has 2 rings (SSSR count). The molecule has 0 atom stereocenters. The maximum absolute atomic E-state index is 11.9. The summed E-state index contributed by atoms with van der Waals surface area (Å²) in [7, 11) is 0. The standard InChI is InChI=1S/C12H22N2O2/c13-12(8-15)6-4-9(5-7-12)11(16)14-10-2-1-3-10/h9-10,15H,1-8,13H2,(H,14,16). The summed E-state index contributed by atoms with van der Waals surface area (Å²) in [5.74, 6) is 0.313. The molecule has 92 valence electrons. The lowest BCUT2D eigenvalue weighted by molar-refractivity contribution is -0.127. The molecule has 0 spiro atoms. The van der Waals surface area contributed by atoms with Crippen molar-refractivity contribution in [3.05, 3.63) is 0 Å². The molecule has 4 heteroatoms. The summed E-state index contributed by atoms with van der Waals surface area (Å²) in [5.41, 5.74) is 5.54. The first-order valence-electron chi connectivity index (χ1n) is 6.33. The first-order chi connectivity index (χ1) is 7.63. The van der Waals surface area contributed by atoms with Gasteiger partial charge < -0.3 is 16.2 Å². The monoisotopic (exact) mass is 226 g/mol. The summed E-state index contributed by atoms with van der Waals surface area (Å²) >= 11 is 0. The van der Waals surface area contributed by atoms with Crippen molar-refractivity contribution in [3.63, 3.8) is 0 Å². The zero-order valence-corrected chi connectivity index (χ0v) is 9.74. The Morgan fingerprint density at radius 2 is 1.94 bits per heavy atom. The molecule has 0 unspecified atom stereocenters. The molecule has 0 heterocycles. The number of aliphatic hydroxyl groups excluding tert-OH is 1. The highest BCUT2D eigenvalue weighted by Crippen LogP contribution is 2.30. The number of carbonyl (C=O) groups is 1. The van der Waals surface area contributed by atoms with Crippen LogP contribution in [0.25, 0.3) is 0 Å². The zero-order valence-electron chi connectivity index (χ0n) is 9.74. The van der Waals surface area contributed by atoms with Crippen molar-refractivity contribution in [3.8, 4) is 0 Å². The van der Waals surface area contributed by atoms with Crippen molar-refractivity contribution in [2.24, 2.45) is 11.7 Å². The second-order valence-electron chi connectivity index (χ2n) is 5.43. The molecule has 2 aliphatic rings. The van der Waals surface area contributed by atoms with E-state index in [4.69, 9.17) is 10.8 Å². The van der Waals surface area contributed by atoms with Gasteiger partial charge in [-0.25, -0.2) is 0 Å². The van der Waals surface area contributed by atoms with Crippen molar-refractivity contribution < 1.29 is 9.90 Å². The lowest BCUT2D eigenvalue weighted by Gasteiger charge is -2.36. The van der Waals surface area contributed by atoms with Crippen molar-refractivity contribution in [1.29, 1.82) is 0 Å². The van der Waals surface area contributed by atoms with E-state index in [0.29, 0.717) is 6.04 Å². The first-order valence-corrected chi connectivity index (χ1v) is 6.33. The van der Waals surface area contributed by atoms with Crippen LogP contribution in [-0.2, 0) is 4.79 Å². The predicted octanol–water partition coefficient (Wildman–Crippen LogP) is 0.535. The summed E-state index contributed by atoms with van der Waals surface area (Å²) in [6.07, 6.45) is 6.65. The van der Waals surface area contributed by atoms with Gasteiger partial charge in [0.2, 0.25) is 5.91 Å². The number of hydrogen-bond acceptors (Lipinski definition) is 3. The number of amides is 1. The number of carbonyl (C=O) groups excluding carboxylic acids is 1. The molecular formula is C12H22N2O2. The van der Waals surface area contributed by atoms with Gasteiger partial charge in [-0.1, -0.05) is 0 Å². The molecule has 0 aromatic carbocycles. The molecule has 0 saturated heterocycles. The number of rotatable bonds is 3.